The highest BCUT2D eigenvalue weighted by Crippen LogP contribution is 2.23. The van der Waals surface area contributed by atoms with Gasteiger partial charge < -0.3 is 10.2 Å². The van der Waals surface area contributed by atoms with Crippen molar-refractivity contribution >= 4 is 11.6 Å². The van der Waals surface area contributed by atoms with Crippen LogP contribution in [-0.2, 0) is 6.42 Å². The van der Waals surface area contributed by atoms with Crippen LogP contribution in [0.4, 0.5) is 14.6 Å². The molecule has 0 amide bonds. The fourth-order valence-corrected chi connectivity index (χ4v) is 3.79. The van der Waals surface area contributed by atoms with Crippen molar-refractivity contribution in [2.24, 2.45) is 5.92 Å². The number of carbonyl (C=O) groups is 1. The molecule has 29 heavy (non-hydrogen) atoms. The van der Waals surface area contributed by atoms with E-state index in [2.05, 4.69) is 34.0 Å². The first kappa shape index (κ1) is 21.3. The van der Waals surface area contributed by atoms with E-state index in [1.165, 1.54) is 0 Å². The lowest BCUT2D eigenvalue weighted by molar-refractivity contribution is 0.103. The molecule has 1 aliphatic rings. The molecule has 0 spiro atoms. The molecule has 0 bridgehead atoms. The fraction of sp³-hybridized carbons (Fsp3) is 0.500. The molecular weight excluding hydrogens is 374 g/mol. The van der Waals surface area contributed by atoms with Crippen LogP contribution in [0.2, 0.25) is 0 Å². The molecular formula is C22H28F2N4O. The molecule has 1 aliphatic heterocycles. The number of ketones is 1. The molecule has 3 rings (SSSR count). The smallest absolute Gasteiger partial charge is 0.242 e. The second kappa shape index (κ2) is 9.39. The van der Waals surface area contributed by atoms with Gasteiger partial charge in [0.15, 0.2) is 0 Å². The second-order valence-corrected chi connectivity index (χ2v) is 7.96. The molecule has 0 unspecified atom stereocenters. The van der Waals surface area contributed by atoms with E-state index < -0.39 is 12.8 Å². The minimum Gasteiger partial charge on any atom is -0.354 e. The summed E-state index contributed by atoms with van der Waals surface area (Å²) in [4.78, 5) is 24.0. The highest BCUT2D eigenvalue weighted by atomic mass is 19.3. The number of hydrogen-bond donors (Lipinski definition) is 1. The first-order valence-corrected chi connectivity index (χ1v) is 10.1. The molecule has 0 aliphatic carbocycles. The number of aryl methyl sites for hydroxylation is 1. The molecule has 1 saturated heterocycles. The Labute approximate surface area is 170 Å². The molecule has 2 aromatic rings. The normalized spacial score (nSPS) is 17.2. The van der Waals surface area contributed by atoms with Crippen molar-refractivity contribution in [3.05, 3.63) is 53.0 Å². The van der Waals surface area contributed by atoms with Crippen LogP contribution in [0.15, 0.2) is 30.5 Å². The molecule has 1 atom stereocenters. The molecule has 0 saturated carbocycles. The SMILES string of the molecule is Cc1ncccc1C(=O)c1nc(N2CCN[C@@H](CC(C)C)C2)ccc1CC(F)F. The zero-order valence-electron chi connectivity index (χ0n) is 17.2. The number of aromatic nitrogens is 2. The number of rotatable bonds is 7. The Morgan fingerprint density at radius 1 is 1.31 bits per heavy atom. The van der Waals surface area contributed by atoms with E-state index in [1.807, 2.05) is 0 Å². The largest absolute Gasteiger partial charge is 0.354 e. The Morgan fingerprint density at radius 2 is 2.10 bits per heavy atom. The number of carbonyl (C=O) groups excluding carboxylic acids is 1. The van der Waals surface area contributed by atoms with Gasteiger partial charge in [0, 0.05) is 49.6 Å². The van der Waals surface area contributed by atoms with Gasteiger partial charge >= 0.3 is 0 Å². The monoisotopic (exact) mass is 402 g/mol. The van der Waals surface area contributed by atoms with Crippen LogP contribution in [0.25, 0.3) is 0 Å². The molecule has 1 N–H and O–H groups in total. The molecule has 0 aromatic carbocycles. The van der Waals surface area contributed by atoms with Crippen LogP contribution in [0, 0.1) is 12.8 Å². The maximum Gasteiger partial charge on any atom is 0.242 e. The van der Waals surface area contributed by atoms with E-state index >= 15 is 0 Å². The Kier molecular flexibility index (Phi) is 6.90. The van der Waals surface area contributed by atoms with Crippen molar-refractivity contribution in [1.29, 1.82) is 0 Å². The standard InChI is InChI=1S/C22H28F2N4O/c1-14(2)11-17-13-28(10-9-26-17)20-7-6-16(12-19(23)24)21(27-20)22(29)18-5-4-8-25-15(18)3/h4-8,14,17,19,26H,9-13H2,1-3H3/t17-/m0/s1. The number of piperazine rings is 1. The summed E-state index contributed by atoms with van der Waals surface area (Å²) in [5.74, 6) is 0.865. The van der Waals surface area contributed by atoms with Crippen molar-refractivity contribution in [2.75, 3.05) is 24.5 Å². The van der Waals surface area contributed by atoms with Crippen molar-refractivity contribution in [1.82, 2.24) is 15.3 Å². The summed E-state index contributed by atoms with van der Waals surface area (Å²) in [5.41, 5.74) is 1.32. The third kappa shape index (κ3) is 5.35. The second-order valence-electron chi connectivity index (χ2n) is 7.96. The van der Waals surface area contributed by atoms with Gasteiger partial charge in [-0.25, -0.2) is 13.8 Å². The first-order valence-electron chi connectivity index (χ1n) is 10.1. The van der Waals surface area contributed by atoms with E-state index in [0.717, 1.165) is 26.1 Å². The summed E-state index contributed by atoms with van der Waals surface area (Å²) in [7, 11) is 0. The number of hydrogen-bond acceptors (Lipinski definition) is 5. The predicted octanol–water partition coefficient (Wildman–Crippen LogP) is 3.65. The van der Waals surface area contributed by atoms with E-state index in [9.17, 15) is 13.6 Å². The first-order chi connectivity index (χ1) is 13.8. The summed E-state index contributed by atoms with van der Waals surface area (Å²) in [6, 6.07) is 7.04. The topological polar surface area (TPSA) is 58.1 Å². The van der Waals surface area contributed by atoms with Gasteiger partial charge in [0.2, 0.25) is 12.2 Å². The Morgan fingerprint density at radius 3 is 2.79 bits per heavy atom. The van der Waals surface area contributed by atoms with E-state index in [-0.39, 0.29) is 17.0 Å². The molecule has 156 valence electrons. The van der Waals surface area contributed by atoms with Crippen molar-refractivity contribution < 1.29 is 13.6 Å². The summed E-state index contributed by atoms with van der Waals surface area (Å²) >= 11 is 0. The van der Waals surface area contributed by atoms with E-state index in [1.54, 1.807) is 37.4 Å². The number of alkyl halides is 2. The van der Waals surface area contributed by atoms with Crippen LogP contribution in [0.3, 0.4) is 0 Å². The number of halogens is 2. The van der Waals surface area contributed by atoms with Crippen LogP contribution in [0.1, 0.15) is 47.6 Å². The highest BCUT2D eigenvalue weighted by molar-refractivity contribution is 6.09. The van der Waals surface area contributed by atoms with Gasteiger partial charge in [-0.05, 0) is 43.0 Å². The average molecular weight is 402 g/mol. The summed E-state index contributed by atoms with van der Waals surface area (Å²) in [5, 5.41) is 3.51. The third-order valence-corrected chi connectivity index (χ3v) is 5.14. The van der Waals surface area contributed by atoms with Crippen molar-refractivity contribution in [3.63, 3.8) is 0 Å². The number of anilines is 1. The van der Waals surface area contributed by atoms with Gasteiger partial charge in [0.1, 0.15) is 11.5 Å². The van der Waals surface area contributed by atoms with Crippen LogP contribution < -0.4 is 10.2 Å². The Balaban J connectivity index is 1.93. The zero-order chi connectivity index (χ0) is 21.0. The molecule has 1 fully saturated rings. The quantitative estimate of drug-likeness (QED) is 0.717. The van der Waals surface area contributed by atoms with Crippen molar-refractivity contribution in [3.8, 4) is 0 Å². The zero-order valence-corrected chi connectivity index (χ0v) is 17.2. The third-order valence-electron chi connectivity index (χ3n) is 5.14. The fourth-order valence-electron chi connectivity index (χ4n) is 3.79. The van der Waals surface area contributed by atoms with Crippen LogP contribution in [-0.4, -0.2) is 47.9 Å². The number of pyridine rings is 2. The van der Waals surface area contributed by atoms with Gasteiger partial charge in [-0.3, -0.25) is 9.78 Å². The lowest BCUT2D eigenvalue weighted by atomic mass is 10.00. The molecule has 0 radical (unpaired) electrons. The summed E-state index contributed by atoms with van der Waals surface area (Å²) in [6.45, 7) is 8.46. The minimum atomic E-state index is -2.54. The van der Waals surface area contributed by atoms with Gasteiger partial charge in [0.25, 0.3) is 0 Å². The van der Waals surface area contributed by atoms with E-state index in [0.29, 0.717) is 29.0 Å². The molecule has 3 heterocycles. The lowest BCUT2D eigenvalue weighted by Crippen LogP contribution is -2.51. The number of nitrogens with one attached hydrogen (secondary N) is 1. The molecule has 5 nitrogen and oxygen atoms in total. The molecule has 7 heteroatoms. The van der Waals surface area contributed by atoms with E-state index in [4.69, 9.17) is 0 Å². The van der Waals surface area contributed by atoms with Crippen molar-refractivity contribution in [2.45, 2.75) is 46.1 Å². The van der Waals surface area contributed by atoms with Crippen LogP contribution in [0.5, 0.6) is 0 Å². The van der Waals surface area contributed by atoms with Gasteiger partial charge in [-0.2, -0.15) is 0 Å². The summed E-state index contributed by atoms with van der Waals surface area (Å²) in [6.07, 6.45) is -0.393. The van der Waals surface area contributed by atoms with Gasteiger partial charge in [0.05, 0.1) is 0 Å². The predicted molar refractivity (Wildman–Crippen MR) is 110 cm³/mol. The van der Waals surface area contributed by atoms with Gasteiger partial charge in [-0.1, -0.05) is 19.9 Å². The van der Waals surface area contributed by atoms with Gasteiger partial charge in [-0.15, -0.1) is 0 Å². The van der Waals surface area contributed by atoms with Crippen LogP contribution >= 0.6 is 0 Å². The average Bonchev–Trinajstić information content (AvgIpc) is 2.67. The number of nitrogens with zero attached hydrogens (tertiary/aromatic N) is 3. The maximum atomic E-state index is 13.1. The summed E-state index contributed by atoms with van der Waals surface area (Å²) < 4.78 is 26.2. The Hall–Kier alpha value is -2.41. The molecule has 2 aromatic heterocycles. The Bertz CT molecular complexity index is 856. The lowest BCUT2D eigenvalue weighted by Gasteiger charge is -2.35. The minimum absolute atomic E-state index is 0.0952. The maximum absolute atomic E-state index is 13.1. The highest BCUT2D eigenvalue weighted by Gasteiger charge is 2.25.